The van der Waals surface area contributed by atoms with Gasteiger partial charge in [-0.25, -0.2) is 4.39 Å². The smallest absolute Gasteiger partial charge is 0.270 e. The first-order valence-corrected chi connectivity index (χ1v) is 19.4. The van der Waals surface area contributed by atoms with Gasteiger partial charge in [-0.3, -0.25) is 14.5 Å². The van der Waals surface area contributed by atoms with Gasteiger partial charge in [-0.1, -0.05) is 85.6 Å². The molecule has 0 bridgehead atoms. The van der Waals surface area contributed by atoms with E-state index >= 15 is 4.39 Å². The zero-order valence-electron chi connectivity index (χ0n) is 32.1. The van der Waals surface area contributed by atoms with E-state index in [-0.39, 0.29) is 35.1 Å². The maximum Gasteiger partial charge on any atom is 0.270 e. The highest BCUT2D eigenvalue weighted by molar-refractivity contribution is 6.04. The molecule has 1 aliphatic carbocycles. The summed E-state index contributed by atoms with van der Waals surface area (Å²) in [4.78, 5) is 34.4. The molecule has 2 aliphatic rings. The van der Waals surface area contributed by atoms with E-state index in [1.54, 1.807) is 25.9 Å². The second-order valence-corrected chi connectivity index (χ2v) is 14.9. The Balaban J connectivity index is 1.26. The van der Waals surface area contributed by atoms with Crippen LogP contribution in [-0.2, 0) is 22.6 Å². The van der Waals surface area contributed by atoms with Crippen LogP contribution < -0.4 is 14.4 Å². The minimum atomic E-state index is -1.21. The zero-order chi connectivity index (χ0) is 38.1. The van der Waals surface area contributed by atoms with Crippen LogP contribution in [-0.4, -0.2) is 73.2 Å². The topological polar surface area (TPSA) is 71.6 Å². The third-order valence-electron chi connectivity index (χ3n) is 10.6. The summed E-state index contributed by atoms with van der Waals surface area (Å²) in [5.41, 5.74) is 2.60. The lowest BCUT2D eigenvalue weighted by Crippen LogP contribution is -2.54. The van der Waals surface area contributed by atoms with Crippen LogP contribution in [0.1, 0.15) is 85.8 Å². The van der Waals surface area contributed by atoms with Crippen molar-refractivity contribution in [3.05, 3.63) is 125 Å². The molecule has 1 unspecified atom stereocenters. The number of halogens is 1. The molecule has 1 saturated carbocycles. The number of rotatable bonds is 16. The fourth-order valence-corrected chi connectivity index (χ4v) is 7.90. The van der Waals surface area contributed by atoms with Gasteiger partial charge in [0.25, 0.3) is 11.8 Å². The molecule has 2 amide bonds. The molecule has 0 spiro atoms. The number of amides is 2. The maximum atomic E-state index is 16.1. The van der Waals surface area contributed by atoms with Crippen molar-refractivity contribution in [2.45, 2.75) is 83.5 Å². The van der Waals surface area contributed by atoms with E-state index < -0.39 is 11.4 Å². The molecule has 1 fully saturated rings. The minimum Gasteiger partial charge on any atom is -0.493 e. The van der Waals surface area contributed by atoms with Gasteiger partial charge in [0.2, 0.25) is 0 Å². The lowest BCUT2D eigenvalue weighted by atomic mass is 9.79. The Bertz CT molecular complexity index is 1810. The van der Waals surface area contributed by atoms with Gasteiger partial charge < -0.3 is 24.0 Å². The molecule has 4 aromatic rings. The SMILES string of the molecule is CCN(C(=O)c1cc2c(cc1F)OC(C)(C)C(=O)N2CCN(Cc1ccccc1)Cc1ccccc1)C1CCCC[C@@H]1c1cccc(OCCCOC)c1. The van der Waals surface area contributed by atoms with Gasteiger partial charge in [0.05, 0.1) is 17.9 Å². The Morgan fingerprint density at radius 1 is 0.907 bits per heavy atom. The molecule has 0 radical (unpaired) electrons. The van der Waals surface area contributed by atoms with E-state index in [2.05, 4.69) is 41.3 Å². The van der Waals surface area contributed by atoms with E-state index in [0.717, 1.165) is 43.4 Å². The molecule has 1 aliphatic heterocycles. The zero-order valence-corrected chi connectivity index (χ0v) is 32.1. The molecule has 0 aromatic heterocycles. The van der Waals surface area contributed by atoms with Crippen molar-refractivity contribution in [3.63, 3.8) is 0 Å². The van der Waals surface area contributed by atoms with Gasteiger partial charge >= 0.3 is 0 Å². The van der Waals surface area contributed by atoms with Crippen LogP contribution in [0.4, 0.5) is 10.1 Å². The molecule has 4 aromatic carbocycles. The van der Waals surface area contributed by atoms with Crippen molar-refractivity contribution < 1.29 is 28.2 Å². The minimum absolute atomic E-state index is 0.0540. The van der Waals surface area contributed by atoms with Crippen molar-refractivity contribution in [3.8, 4) is 11.5 Å². The predicted octanol–water partition coefficient (Wildman–Crippen LogP) is 8.64. The van der Waals surface area contributed by atoms with Gasteiger partial charge in [0, 0.05) is 70.9 Å². The highest BCUT2D eigenvalue weighted by Gasteiger charge is 2.42. The molecule has 6 rings (SSSR count). The van der Waals surface area contributed by atoms with E-state index in [1.165, 1.54) is 23.3 Å². The van der Waals surface area contributed by atoms with Gasteiger partial charge in [-0.15, -0.1) is 0 Å². The molecule has 286 valence electrons. The second kappa shape index (κ2) is 18.1. The summed E-state index contributed by atoms with van der Waals surface area (Å²) in [6, 6.07) is 31.4. The fourth-order valence-electron chi connectivity index (χ4n) is 7.90. The molecule has 54 heavy (non-hydrogen) atoms. The van der Waals surface area contributed by atoms with Crippen molar-refractivity contribution >= 4 is 17.5 Å². The lowest BCUT2D eigenvalue weighted by molar-refractivity contribution is -0.132. The van der Waals surface area contributed by atoms with Crippen LogP contribution in [0.25, 0.3) is 0 Å². The molecular weight excluding hydrogens is 682 g/mol. The summed E-state index contributed by atoms with van der Waals surface area (Å²) < 4.78 is 33.4. The molecule has 0 N–H and O–H groups in total. The summed E-state index contributed by atoms with van der Waals surface area (Å²) in [6.45, 7) is 9.23. The number of likely N-dealkylation sites (N-methyl/N-ethyl adjacent to an activating group) is 1. The Labute approximate surface area is 319 Å². The van der Waals surface area contributed by atoms with E-state index in [9.17, 15) is 9.59 Å². The van der Waals surface area contributed by atoms with Crippen molar-refractivity contribution in [1.82, 2.24) is 9.80 Å². The maximum absolute atomic E-state index is 16.1. The second-order valence-electron chi connectivity index (χ2n) is 14.9. The van der Waals surface area contributed by atoms with Crippen LogP contribution >= 0.6 is 0 Å². The van der Waals surface area contributed by atoms with Crippen LogP contribution in [0.15, 0.2) is 97.1 Å². The van der Waals surface area contributed by atoms with Crippen LogP contribution in [0, 0.1) is 5.82 Å². The van der Waals surface area contributed by atoms with E-state index in [4.69, 9.17) is 14.2 Å². The highest BCUT2D eigenvalue weighted by atomic mass is 19.1. The molecule has 2 atom stereocenters. The first-order valence-electron chi connectivity index (χ1n) is 19.4. The summed E-state index contributed by atoms with van der Waals surface area (Å²) in [5, 5.41) is 0. The molecule has 0 saturated heterocycles. The molecule has 9 heteroatoms. The van der Waals surface area contributed by atoms with E-state index in [0.29, 0.717) is 51.6 Å². The summed E-state index contributed by atoms with van der Waals surface area (Å²) in [5.74, 6) is -0.143. The quantitative estimate of drug-likeness (QED) is 0.107. The number of carbonyl (C=O) groups is 2. The van der Waals surface area contributed by atoms with Gasteiger partial charge in [0.1, 0.15) is 17.3 Å². The number of fused-ring (bicyclic) bond motifs is 1. The molecule has 1 heterocycles. The first-order chi connectivity index (χ1) is 26.2. The van der Waals surface area contributed by atoms with Gasteiger partial charge in [-0.2, -0.15) is 0 Å². The lowest BCUT2D eigenvalue weighted by Gasteiger charge is -2.41. The van der Waals surface area contributed by atoms with E-state index in [1.807, 2.05) is 60.4 Å². The number of hydrogen-bond acceptors (Lipinski definition) is 6. The van der Waals surface area contributed by atoms with Crippen LogP contribution in [0.2, 0.25) is 0 Å². The number of nitrogens with zero attached hydrogens (tertiary/aromatic N) is 3. The Hall–Kier alpha value is -4.73. The van der Waals surface area contributed by atoms with Crippen molar-refractivity contribution in [2.24, 2.45) is 0 Å². The third-order valence-corrected chi connectivity index (χ3v) is 10.6. The number of methoxy groups -OCH3 is 1. The molecular formula is C45H54FN3O5. The van der Waals surface area contributed by atoms with Crippen LogP contribution in [0.5, 0.6) is 11.5 Å². The number of hydrogen-bond donors (Lipinski definition) is 0. The fraction of sp³-hybridized carbons (Fsp3) is 0.422. The normalized spacial score (nSPS) is 17.9. The summed E-state index contributed by atoms with van der Waals surface area (Å²) in [6.07, 6.45) is 4.56. The third kappa shape index (κ3) is 9.31. The predicted molar refractivity (Wildman–Crippen MR) is 211 cm³/mol. The van der Waals surface area contributed by atoms with Gasteiger partial charge in [0.15, 0.2) is 5.60 Å². The van der Waals surface area contributed by atoms with Gasteiger partial charge in [-0.05, 0) is 68.5 Å². The summed E-state index contributed by atoms with van der Waals surface area (Å²) in [7, 11) is 1.68. The largest absolute Gasteiger partial charge is 0.493 e. The van der Waals surface area contributed by atoms with Crippen molar-refractivity contribution in [2.75, 3.05) is 44.9 Å². The number of ether oxygens (including phenoxy) is 3. The number of anilines is 1. The highest BCUT2D eigenvalue weighted by Crippen LogP contribution is 2.42. The average molecular weight is 736 g/mol. The molecule has 8 nitrogen and oxygen atoms in total. The average Bonchev–Trinajstić information content (AvgIpc) is 3.18. The first kappa shape index (κ1) is 39.0. The van der Waals surface area contributed by atoms with Crippen LogP contribution in [0.3, 0.4) is 0 Å². The number of carbonyl (C=O) groups excluding carboxylic acids is 2. The van der Waals surface area contributed by atoms with Crippen molar-refractivity contribution in [1.29, 1.82) is 0 Å². The standard InChI is InChI=1S/C45H54FN3O5/c1-5-48(40-23-13-12-22-37(40)35-20-14-21-36(28-35)53-27-15-26-52-4)43(50)38-29-41-42(30-39(38)46)54-45(2,3)44(51)49(41)25-24-47(31-33-16-8-6-9-17-33)32-34-18-10-7-11-19-34/h6-11,14,16-21,28-30,37,40H,5,12-13,15,22-27,31-32H2,1-4H3/t37-,40?/m1/s1. The Kier molecular flexibility index (Phi) is 13.0. The Morgan fingerprint density at radius 3 is 2.26 bits per heavy atom. The Morgan fingerprint density at radius 2 is 1.59 bits per heavy atom. The monoisotopic (exact) mass is 735 g/mol. The summed E-state index contributed by atoms with van der Waals surface area (Å²) >= 11 is 0. The number of benzene rings is 4.